The first-order chi connectivity index (χ1) is 9.95. The molecule has 0 N–H and O–H groups in total. The molecule has 2 aromatic rings. The molecule has 0 bridgehead atoms. The SMILES string of the molecule is FC(F)(F)c1ccc(C(Cl)c2ccc3c(c2)CCO3)cc1. The van der Waals surface area contributed by atoms with Crippen LogP contribution in [0.5, 0.6) is 5.75 Å². The monoisotopic (exact) mass is 312 g/mol. The molecular formula is C16H12ClF3O. The third-order valence-corrected chi connectivity index (χ3v) is 4.04. The molecule has 0 aromatic heterocycles. The van der Waals surface area contributed by atoms with Gasteiger partial charge in [0.05, 0.1) is 17.5 Å². The van der Waals surface area contributed by atoms with E-state index in [0.29, 0.717) is 12.2 Å². The second-order valence-corrected chi connectivity index (χ2v) is 5.38. The number of hydrogen-bond acceptors (Lipinski definition) is 1. The highest BCUT2D eigenvalue weighted by molar-refractivity contribution is 6.22. The number of ether oxygens (including phenoxy) is 1. The van der Waals surface area contributed by atoms with E-state index < -0.39 is 17.1 Å². The summed E-state index contributed by atoms with van der Waals surface area (Å²) < 4.78 is 43.1. The van der Waals surface area contributed by atoms with Gasteiger partial charge in [0.2, 0.25) is 0 Å². The standard InChI is InChI=1S/C16H12ClF3O/c17-15(10-1-4-13(5-2-10)16(18,19)20)12-3-6-14-11(9-12)7-8-21-14/h1-6,9,15H,7-8H2. The average Bonchev–Trinajstić information content (AvgIpc) is 2.93. The third-order valence-electron chi connectivity index (χ3n) is 3.54. The molecule has 0 amide bonds. The van der Waals surface area contributed by atoms with E-state index in [1.807, 2.05) is 18.2 Å². The highest BCUT2D eigenvalue weighted by atomic mass is 35.5. The minimum absolute atomic E-state index is 0.474. The first kappa shape index (κ1) is 14.3. The average molecular weight is 313 g/mol. The summed E-state index contributed by atoms with van der Waals surface area (Å²) in [5.74, 6) is 0.857. The molecule has 3 rings (SSSR count). The fourth-order valence-electron chi connectivity index (χ4n) is 2.40. The lowest BCUT2D eigenvalue weighted by atomic mass is 10.0. The van der Waals surface area contributed by atoms with Crippen molar-refractivity contribution in [2.75, 3.05) is 6.61 Å². The normalized spacial score (nSPS) is 15.4. The second kappa shape index (κ2) is 5.26. The van der Waals surface area contributed by atoms with Crippen molar-refractivity contribution < 1.29 is 17.9 Å². The van der Waals surface area contributed by atoms with Crippen molar-refractivity contribution in [2.24, 2.45) is 0 Å². The smallest absolute Gasteiger partial charge is 0.416 e. The highest BCUT2D eigenvalue weighted by Gasteiger charge is 2.30. The van der Waals surface area contributed by atoms with Crippen molar-refractivity contribution in [3.8, 4) is 5.75 Å². The van der Waals surface area contributed by atoms with Gasteiger partial charge in [-0.25, -0.2) is 0 Å². The Bertz CT molecular complexity index is 650. The predicted molar refractivity (Wildman–Crippen MR) is 74.8 cm³/mol. The fourth-order valence-corrected chi connectivity index (χ4v) is 2.68. The van der Waals surface area contributed by atoms with Gasteiger partial charge in [0.25, 0.3) is 0 Å². The molecule has 1 unspecified atom stereocenters. The van der Waals surface area contributed by atoms with E-state index in [2.05, 4.69) is 0 Å². The zero-order valence-electron chi connectivity index (χ0n) is 11.0. The topological polar surface area (TPSA) is 9.23 Å². The summed E-state index contributed by atoms with van der Waals surface area (Å²) in [5.41, 5.74) is 1.92. The van der Waals surface area contributed by atoms with Gasteiger partial charge in [-0.3, -0.25) is 0 Å². The summed E-state index contributed by atoms with van der Waals surface area (Å²) in [6.45, 7) is 0.659. The Hall–Kier alpha value is -1.68. The molecule has 1 heterocycles. The zero-order valence-corrected chi connectivity index (χ0v) is 11.7. The van der Waals surface area contributed by atoms with Gasteiger partial charge in [-0.2, -0.15) is 13.2 Å². The summed E-state index contributed by atoms with van der Waals surface area (Å²) in [4.78, 5) is 0. The van der Waals surface area contributed by atoms with Gasteiger partial charge in [-0.05, 0) is 34.9 Å². The van der Waals surface area contributed by atoms with Gasteiger partial charge >= 0.3 is 6.18 Å². The van der Waals surface area contributed by atoms with Gasteiger partial charge in [0, 0.05) is 6.42 Å². The summed E-state index contributed by atoms with van der Waals surface area (Å²) in [6, 6.07) is 10.6. The molecular weight excluding hydrogens is 301 g/mol. The molecule has 110 valence electrons. The van der Waals surface area contributed by atoms with Gasteiger partial charge in [0.1, 0.15) is 5.75 Å². The van der Waals surface area contributed by atoms with Crippen LogP contribution >= 0.6 is 11.6 Å². The summed E-state index contributed by atoms with van der Waals surface area (Å²) in [5, 5.41) is -0.474. The van der Waals surface area contributed by atoms with Crippen LogP contribution in [0, 0.1) is 0 Å². The number of benzene rings is 2. The van der Waals surface area contributed by atoms with E-state index in [1.54, 1.807) is 0 Å². The van der Waals surface area contributed by atoms with E-state index in [-0.39, 0.29) is 0 Å². The molecule has 0 saturated heterocycles. The lowest BCUT2D eigenvalue weighted by Gasteiger charge is -2.13. The predicted octanol–water partition coefficient (Wildman–Crippen LogP) is 4.97. The molecule has 0 aliphatic carbocycles. The van der Waals surface area contributed by atoms with E-state index in [4.69, 9.17) is 16.3 Å². The molecule has 1 aliphatic rings. The molecule has 0 spiro atoms. The van der Waals surface area contributed by atoms with Crippen molar-refractivity contribution in [1.29, 1.82) is 0 Å². The van der Waals surface area contributed by atoms with Crippen LogP contribution in [0.3, 0.4) is 0 Å². The molecule has 1 nitrogen and oxygen atoms in total. The van der Waals surface area contributed by atoms with Crippen LogP contribution < -0.4 is 4.74 Å². The Morgan fingerprint density at radius 2 is 1.67 bits per heavy atom. The maximum absolute atomic E-state index is 12.5. The zero-order chi connectivity index (χ0) is 15.0. The Labute approximate surface area is 125 Å². The van der Waals surface area contributed by atoms with Gasteiger partial charge < -0.3 is 4.74 Å². The maximum atomic E-state index is 12.5. The lowest BCUT2D eigenvalue weighted by Crippen LogP contribution is -2.05. The maximum Gasteiger partial charge on any atom is 0.416 e. The minimum Gasteiger partial charge on any atom is -0.493 e. The molecule has 2 aromatic carbocycles. The Morgan fingerprint density at radius 3 is 2.33 bits per heavy atom. The summed E-state index contributed by atoms with van der Waals surface area (Å²) >= 11 is 6.38. The number of hydrogen-bond donors (Lipinski definition) is 0. The number of alkyl halides is 4. The van der Waals surface area contributed by atoms with Crippen molar-refractivity contribution in [3.63, 3.8) is 0 Å². The molecule has 1 atom stereocenters. The van der Waals surface area contributed by atoms with Crippen LogP contribution in [-0.2, 0) is 12.6 Å². The van der Waals surface area contributed by atoms with Crippen LogP contribution in [-0.4, -0.2) is 6.61 Å². The van der Waals surface area contributed by atoms with Crippen molar-refractivity contribution in [3.05, 3.63) is 64.7 Å². The van der Waals surface area contributed by atoms with Gasteiger partial charge in [0.15, 0.2) is 0 Å². The Kier molecular flexibility index (Phi) is 3.57. The Morgan fingerprint density at radius 1 is 1.00 bits per heavy atom. The third kappa shape index (κ3) is 2.86. The summed E-state index contributed by atoms with van der Waals surface area (Å²) in [7, 11) is 0. The number of rotatable bonds is 2. The van der Waals surface area contributed by atoms with Crippen LogP contribution in [0.4, 0.5) is 13.2 Å². The second-order valence-electron chi connectivity index (χ2n) is 4.95. The minimum atomic E-state index is -4.33. The molecule has 0 saturated carbocycles. The molecule has 0 fully saturated rings. The fraction of sp³-hybridized carbons (Fsp3) is 0.250. The first-order valence-electron chi connectivity index (χ1n) is 6.52. The van der Waals surface area contributed by atoms with E-state index >= 15 is 0 Å². The lowest BCUT2D eigenvalue weighted by molar-refractivity contribution is -0.137. The molecule has 21 heavy (non-hydrogen) atoms. The molecule has 5 heteroatoms. The Balaban J connectivity index is 1.86. The summed E-state index contributed by atoms with van der Waals surface area (Å²) in [6.07, 6.45) is -3.49. The number of fused-ring (bicyclic) bond motifs is 1. The number of halogens is 4. The van der Waals surface area contributed by atoms with E-state index in [0.717, 1.165) is 35.4 Å². The van der Waals surface area contributed by atoms with Gasteiger partial charge in [-0.1, -0.05) is 24.3 Å². The van der Waals surface area contributed by atoms with Gasteiger partial charge in [-0.15, -0.1) is 11.6 Å². The highest BCUT2D eigenvalue weighted by Crippen LogP contribution is 2.35. The van der Waals surface area contributed by atoms with Crippen molar-refractivity contribution in [2.45, 2.75) is 18.0 Å². The van der Waals surface area contributed by atoms with Crippen LogP contribution in [0.2, 0.25) is 0 Å². The van der Waals surface area contributed by atoms with Crippen molar-refractivity contribution >= 4 is 11.6 Å². The van der Waals surface area contributed by atoms with Crippen LogP contribution in [0.1, 0.15) is 27.6 Å². The van der Waals surface area contributed by atoms with E-state index in [9.17, 15) is 13.2 Å². The van der Waals surface area contributed by atoms with Crippen molar-refractivity contribution in [1.82, 2.24) is 0 Å². The van der Waals surface area contributed by atoms with E-state index in [1.165, 1.54) is 12.1 Å². The largest absolute Gasteiger partial charge is 0.493 e. The molecule has 0 radical (unpaired) electrons. The van der Waals surface area contributed by atoms with Crippen LogP contribution in [0.25, 0.3) is 0 Å². The molecule has 1 aliphatic heterocycles. The first-order valence-corrected chi connectivity index (χ1v) is 6.95. The van der Waals surface area contributed by atoms with Crippen LogP contribution in [0.15, 0.2) is 42.5 Å². The quantitative estimate of drug-likeness (QED) is 0.711.